The van der Waals surface area contributed by atoms with Crippen LogP contribution in [0, 0.1) is 0 Å². The van der Waals surface area contributed by atoms with Gasteiger partial charge < -0.3 is 9.67 Å². The van der Waals surface area contributed by atoms with Gasteiger partial charge in [0.2, 0.25) is 0 Å². The van der Waals surface area contributed by atoms with Crippen molar-refractivity contribution in [3.05, 3.63) is 83.9 Å². The predicted molar refractivity (Wildman–Crippen MR) is 96.5 cm³/mol. The van der Waals surface area contributed by atoms with Crippen LogP contribution in [0.25, 0.3) is 21.8 Å². The molecule has 0 fully saturated rings. The fourth-order valence-corrected chi connectivity index (χ4v) is 3.31. The van der Waals surface area contributed by atoms with E-state index in [1.807, 2.05) is 24.3 Å². The highest BCUT2D eigenvalue weighted by Crippen LogP contribution is 2.30. The maximum Gasteiger partial charge on any atom is 0.335 e. The van der Waals surface area contributed by atoms with Crippen LogP contribution < -0.4 is 0 Å². The third-order valence-corrected chi connectivity index (χ3v) is 4.49. The van der Waals surface area contributed by atoms with Crippen LogP contribution in [-0.2, 0) is 13.0 Å². The zero-order valence-electron chi connectivity index (χ0n) is 13.1. The molecule has 0 atom stereocenters. The zero-order valence-corrected chi connectivity index (χ0v) is 13.1. The summed E-state index contributed by atoms with van der Waals surface area (Å²) in [4.78, 5) is 11.3. The second kappa shape index (κ2) is 5.85. The summed E-state index contributed by atoms with van der Waals surface area (Å²) in [6, 6.07) is 24.0. The molecule has 4 aromatic rings. The first-order chi connectivity index (χ1) is 11.7. The molecule has 0 unspecified atom stereocenters. The van der Waals surface area contributed by atoms with Gasteiger partial charge in [0.15, 0.2) is 0 Å². The number of nitrogens with zero attached hydrogens (tertiary/aromatic N) is 1. The number of aromatic nitrogens is 1. The molecule has 0 aliphatic carbocycles. The fourth-order valence-electron chi connectivity index (χ4n) is 3.31. The minimum absolute atomic E-state index is 0.327. The summed E-state index contributed by atoms with van der Waals surface area (Å²) >= 11 is 0. The largest absolute Gasteiger partial charge is 0.478 e. The lowest BCUT2D eigenvalue weighted by molar-refractivity contribution is 0.0697. The van der Waals surface area contributed by atoms with Crippen molar-refractivity contribution in [2.24, 2.45) is 0 Å². The van der Waals surface area contributed by atoms with Crippen molar-refractivity contribution < 1.29 is 9.90 Å². The van der Waals surface area contributed by atoms with Gasteiger partial charge in [-0.25, -0.2) is 4.79 Å². The molecule has 3 nitrogen and oxygen atoms in total. The zero-order chi connectivity index (χ0) is 16.5. The molecule has 1 heterocycles. The number of rotatable bonds is 4. The van der Waals surface area contributed by atoms with Gasteiger partial charge in [-0.1, -0.05) is 48.5 Å². The molecule has 0 amide bonds. The van der Waals surface area contributed by atoms with E-state index in [1.165, 1.54) is 5.56 Å². The average Bonchev–Trinajstić information content (AvgIpc) is 2.94. The van der Waals surface area contributed by atoms with Gasteiger partial charge >= 0.3 is 5.97 Å². The fraction of sp³-hybridized carbons (Fsp3) is 0.0952. The number of carboxylic acid groups (broad SMARTS) is 1. The Bertz CT molecular complexity index is 1030. The second-order valence-corrected chi connectivity index (χ2v) is 5.94. The summed E-state index contributed by atoms with van der Waals surface area (Å²) in [5.74, 6) is -0.891. The van der Waals surface area contributed by atoms with Gasteiger partial charge in [0.05, 0.1) is 5.56 Å². The van der Waals surface area contributed by atoms with E-state index in [-0.39, 0.29) is 0 Å². The van der Waals surface area contributed by atoms with E-state index in [0.717, 1.165) is 34.8 Å². The molecule has 24 heavy (non-hydrogen) atoms. The van der Waals surface area contributed by atoms with Crippen LogP contribution in [0.5, 0.6) is 0 Å². The molecule has 0 radical (unpaired) electrons. The Balaban J connectivity index is 1.85. The normalized spacial score (nSPS) is 11.2. The third-order valence-electron chi connectivity index (χ3n) is 4.49. The Labute approximate surface area is 139 Å². The Hall–Kier alpha value is -3.07. The Kier molecular flexibility index (Phi) is 3.54. The molecule has 0 spiro atoms. The van der Waals surface area contributed by atoms with Crippen molar-refractivity contribution in [1.82, 2.24) is 4.57 Å². The second-order valence-electron chi connectivity index (χ2n) is 5.94. The maximum atomic E-state index is 11.3. The number of fused-ring (bicyclic) bond motifs is 3. The monoisotopic (exact) mass is 315 g/mol. The van der Waals surface area contributed by atoms with Crippen LogP contribution in [0.2, 0.25) is 0 Å². The van der Waals surface area contributed by atoms with Crippen LogP contribution in [0.15, 0.2) is 72.8 Å². The minimum atomic E-state index is -0.891. The lowest BCUT2D eigenvalue weighted by Gasteiger charge is -2.08. The number of benzene rings is 3. The third kappa shape index (κ3) is 2.44. The molecule has 3 aromatic carbocycles. The van der Waals surface area contributed by atoms with E-state index < -0.39 is 5.97 Å². The van der Waals surface area contributed by atoms with Crippen LogP contribution in [0.4, 0.5) is 0 Å². The van der Waals surface area contributed by atoms with E-state index in [4.69, 9.17) is 0 Å². The van der Waals surface area contributed by atoms with Gasteiger partial charge in [0, 0.05) is 28.4 Å². The standard InChI is InChI=1S/C21H17NO2/c23-21(24)16-10-11-20-18(14-16)17-8-4-5-9-19(17)22(20)13-12-15-6-2-1-3-7-15/h1-11,14H,12-13H2,(H,23,24). The maximum absolute atomic E-state index is 11.3. The van der Waals surface area contributed by atoms with Gasteiger partial charge in [0.25, 0.3) is 0 Å². The Morgan fingerprint density at radius 1 is 0.833 bits per heavy atom. The highest BCUT2D eigenvalue weighted by Gasteiger charge is 2.12. The molecular formula is C21H17NO2. The Morgan fingerprint density at radius 3 is 2.33 bits per heavy atom. The van der Waals surface area contributed by atoms with Gasteiger partial charge in [-0.3, -0.25) is 0 Å². The van der Waals surface area contributed by atoms with Crippen molar-refractivity contribution in [3.8, 4) is 0 Å². The van der Waals surface area contributed by atoms with Gasteiger partial charge in [-0.2, -0.15) is 0 Å². The van der Waals surface area contributed by atoms with Crippen molar-refractivity contribution in [2.45, 2.75) is 13.0 Å². The van der Waals surface area contributed by atoms with E-state index in [9.17, 15) is 9.90 Å². The van der Waals surface area contributed by atoms with Crippen LogP contribution in [-0.4, -0.2) is 15.6 Å². The highest BCUT2D eigenvalue weighted by atomic mass is 16.4. The smallest absolute Gasteiger partial charge is 0.335 e. The molecule has 0 saturated carbocycles. The van der Waals surface area contributed by atoms with Crippen molar-refractivity contribution in [3.63, 3.8) is 0 Å². The van der Waals surface area contributed by atoms with Crippen molar-refractivity contribution in [2.75, 3.05) is 0 Å². The quantitative estimate of drug-likeness (QED) is 0.591. The average molecular weight is 315 g/mol. The molecule has 3 heteroatoms. The molecule has 0 aliphatic heterocycles. The van der Waals surface area contributed by atoms with Crippen LogP contribution in [0.1, 0.15) is 15.9 Å². The summed E-state index contributed by atoms with van der Waals surface area (Å²) in [7, 11) is 0. The number of hydrogen-bond donors (Lipinski definition) is 1. The molecule has 4 rings (SSSR count). The lowest BCUT2D eigenvalue weighted by Crippen LogP contribution is -2.01. The van der Waals surface area contributed by atoms with Crippen LogP contribution in [0.3, 0.4) is 0 Å². The number of hydrogen-bond acceptors (Lipinski definition) is 1. The summed E-state index contributed by atoms with van der Waals surface area (Å²) in [6.45, 7) is 0.862. The first-order valence-corrected chi connectivity index (χ1v) is 8.02. The molecule has 118 valence electrons. The van der Waals surface area contributed by atoms with E-state index in [0.29, 0.717) is 5.56 Å². The van der Waals surface area contributed by atoms with Crippen molar-refractivity contribution in [1.29, 1.82) is 0 Å². The van der Waals surface area contributed by atoms with E-state index in [2.05, 4.69) is 41.0 Å². The number of carbonyl (C=O) groups is 1. The van der Waals surface area contributed by atoms with Gasteiger partial charge in [-0.05, 0) is 36.2 Å². The summed E-state index contributed by atoms with van der Waals surface area (Å²) in [5.41, 5.74) is 3.85. The van der Waals surface area contributed by atoms with Gasteiger partial charge in [0.1, 0.15) is 0 Å². The van der Waals surface area contributed by atoms with E-state index in [1.54, 1.807) is 12.1 Å². The first kappa shape index (κ1) is 14.5. The number of carboxylic acids is 1. The summed E-state index contributed by atoms with van der Waals surface area (Å²) in [5, 5.41) is 11.4. The summed E-state index contributed by atoms with van der Waals surface area (Å²) < 4.78 is 2.28. The number of aryl methyl sites for hydroxylation is 2. The number of aromatic carboxylic acids is 1. The lowest BCUT2D eigenvalue weighted by atomic mass is 10.1. The Morgan fingerprint density at radius 2 is 1.54 bits per heavy atom. The minimum Gasteiger partial charge on any atom is -0.478 e. The molecule has 1 N–H and O–H groups in total. The SMILES string of the molecule is O=C(O)c1ccc2c(c1)c1ccccc1n2CCc1ccccc1. The van der Waals surface area contributed by atoms with E-state index >= 15 is 0 Å². The molecule has 0 bridgehead atoms. The van der Waals surface area contributed by atoms with Crippen LogP contribution >= 0.6 is 0 Å². The molecule has 1 aromatic heterocycles. The molecular weight excluding hydrogens is 298 g/mol. The topological polar surface area (TPSA) is 42.2 Å². The predicted octanol–water partition coefficient (Wildman–Crippen LogP) is 4.74. The molecule has 0 aliphatic rings. The first-order valence-electron chi connectivity index (χ1n) is 8.02. The number of para-hydroxylation sites is 1. The highest BCUT2D eigenvalue weighted by molar-refractivity contribution is 6.10. The summed E-state index contributed by atoms with van der Waals surface area (Å²) in [6.07, 6.45) is 0.940. The van der Waals surface area contributed by atoms with Crippen molar-refractivity contribution >= 4 is 27.8 Å². The molecule has 0 saturated heterocycles. The van der Waals surface area contributed by atoms with Gasteiger partial charge in [-0.15, -0.1) is 0 Å².